The van der Waals surface area contributed by atoms with Crippen LogP contribution in [0.25, 0.3) is 0 Å². The number of hydrogen-bond acceptors (Lipinski definition) is 4. The third-order valence-electron chi connectivity index (χ3n) is 4.81. The maximum absolute atomic E-state index is 7.68. The van der Waals surface area contributed by atoms with E-state index in [0.29, 0.717) is 22.9 Å². The highest BCUT2D eigenvalue weighted by molar-refractivity contribution is 6.39. The summed E-state index contributed by atoms with van der Waals surface area (Å²) in [5.74, 6) is 0.835. The van der Waals surface area contributed by atoms with Crippen molar-refractivity contribution in [2.24, 2.45) is 21.1 Å². The molecule has 2 aliphatic rings. The van der Waals surface area contributed by atoms with Crippen LogP contribution in [-0.4, -0.2) is 42.3 Å². The first-order valence-electron chi connectivity index (χ1n) is 8.60. The summed E-state index contributed by atoms with van der Waals surface area (Å²) in [6, 6.07) is 0. The molecule has 0 unspecified atom stereocenters. The van der Waals surface area contributed by atoms with Gasteiger partial charge < -0.3 is 16.0 Å². The second-order valence-electron chi connectivity index (χ2n) is 6.76. The third kappa shape index (κ3) is 4.90. The van der Waals surface area contributed by atoms with Gasteiger partial charge >= 0.3 is 0 Å². The van der Waals surface area contributed by atoms with Crippen molar-refractivity contribution in [2.75, 3.05) is 19.6 Å². The van der Waals surface area contributed by atoms with Crippen LogP contribution in [-0.2, 0) is 0 Å². The molecular formula is C20H26ClN5. The molecule has 1 fully saturated rings. The van der Waals surface area contributed by atoms with E-state index >= 15 is 0 Å². The molecule has 0 amide bonds. The van der Waals surface area contributed by atoms with Crippen molar-refractivity contribution >= 4 is 29.4 Å². The lowest BCUT2D eigenvalue weighted by Crippen LogP contribution is -2.44. The summed E-state index contributed by atoms with van der Waals surface area (Å²) in [4.78, 5) is 10.9. The van der Waals surface area contributed by atoms with Gasteiger partial charge in [-0.2, -0.15) is 0 Å². The quantitative estimate of drug-likeness (QED) is 0.569. The Balaban J connectivity index is 2.04. The highest BCUT2D eigenvalue weighted by Crippen LogP contribution is 2.29. The van der Waals surface area contributed by atoms with Gasteiger partial charge in [-0.3, -0.25) is 4.99 Å². The highest BCUT2D eigenvalue weighted by Gasteiger charge is 2.29. The first-order valence-corrected chi connectivity index (χ1v) is 8.97. The number of nitrogens with zero attached hydrogens (tertiary/aromatic N) is 3. The van der Waals surface area contributed by atoms with Gasteiger partial charge in [0.25, 0.3) is 0 Å². The smallest absolute Gasteiger partial charge is 0.129 e. The molecule has 6 heteroatoms. The van der Waals surface area contributed by atoms with Crippen LogP contribution in [0.15, 0.2) is 69.9 Å². The van der Waals surface area contributed by atoms with Gasteiger partial charge in [-0.1, -0.05) is 31.7 Å². The SMILES string of the molecule is C=C\N=C(/C=C/N=C/C1=C(Cl)C(=C)C(=N)C=C1)N1CCC(C)(CN)CC1. The van der Waals surface area contributed by atoms with Crippen LogP contribution in [0.1, 0.15) is 19.8 Å². The van der Waals surface area contributed by atoms with Gasteiger partial charge in [0.15, 0.2) is 0 Å². The number of halogens is 1. The predicted octanol–water partition coefficient (Wildman–Crippen LogP) is 3.81. The standard InChI is InChI=1S/C20H26ClN5/c1-4-25-18(26-11-8-20(3,14-22)9-12-26)7-10-24-13-16-5-6-17(23)15(2)19(16)21/h4-7,10,13,23H,1-2,8-9,11-12,14,22H2,3H3/b10-7+,23-17?,24-13+,25-18+. The molecule has 138 valence electrons. The number of nitrogens with two attached hydrogens (primary N) is 1. The number of aliphatic imine (C=N–C) groups is 2. The second kappa shape index (κ2) is 8.92. The van der Waals surface area contributed by atoms with E-state index in [-0.39, 0.29) is 5.41 Å². The molecule has 0 aromatic heterocycles. The van der Waals surface area contributed by atoms with E-state index in [1.165, 1.54) is 0 Å². The van der Waals surface area contributed by atoms with Crippen LogP contribution in [0.4, 0.5) is 0 Å². The molecule has 1 heterocycles. The Morgan fingerprint density at radius 3 is 2.73 bits per heavy atom. The molecule has 0 radical (unpaired) electrons. The lowest BCUT2D eigenvalue weighted by atomic mass is 9.80. The molecule has 0 aromatic carbocycles. The summed E-state index contributed by atoms with van der Waals surface area (Å²) in [6.07, 6.45) is 12.2. The van der Waals surface area contributed by atoms with Crippen LogP contribution in [0.3, 0.4) is 0 Å². The van der Waals surface area contributed by atoms with Crippen molar-refractivity contribution < 1.29 is 0 Å². The summed E-state index contributed by atoms with van der Waals surface area (Å²) in [5, 5.41) is 8.13. The van der Waals surface area contributed by atoms with Crippen LogP contribution in [0, 0.1) is 10.8 Å². The fourth-order valence-corrected chi connectivity index (χ4v) is 2.99. The number of nitrogens with one attached hydrogen (secondary N) is 1. The monoisotopic (exact) mass is 371 g/mol. The average Bonchev–Trinajstić information content (AvgIpc) is 2.64. The summed E-state index contributed by atoms with van der Waals surface area (Å²) in [5.41, 5.74) is 7.65. The fraction of sp³-hybridized carbons (Fsp3) is 0.350. The molecule has 3 N–H and O–H groups in total. The lowest BCUT2D eigenvalue weighted by molar-refractivity contribution is 0.176. The summed E-state index contributed by atoms with van der Waals surface area (Å²) in [6.45, 7) is 12.3. The van der Waals surface area contributed by atoms with E-state index in [0.717, 1.165) is 37.3 Å². The van der Waals surface area contributed by atoms with E-state index in [2.05, 4.69) is 35.0 Å². The van der Waals surface area contributed by atoms with E-state index < -0.39 is 0 Å². The van der Waals surface area contributed by atoms with Crippen molar-refractivity contribution in [3.05, 3.63) is 60.0 Å². The van der Waals surface area contributed by atoms with E-state index in [4.69, 9.17) is 22.7 Å². The van der Waals surface area contributed by atoms with Crippen molar-refractivity contribution in [2.45, 2.75) is 19.8 Å². The Morgan fingerprint density at radius 1 is 1.42 bits per heavy atom. The maximum Gasteiger partial charge on any atom is 0.129 e. The van der Waals surface area contributed by atoms with Gasteiger partial charge in [-0.15, -0.1) is 0 Å². The zero-order valence-corrected chi connectivity index (χ0v) is 16.0. The largest absolute Gasteiger partial charge is 0.357 e. The molecule has 0 spiro atoms. The first-order chi connectivity index (χ1) is 12.4. The van der Waals surface area contributed by atoms with Crippen molar-refractivity contribution in [3.63, 3.8) is 0 Å². The molecule has 0 saturated carbocycles. The Hall–Kier alpha value is -2.24. The predicted molar refractivity (Wildman–Crippen MR) is 112 cm³/mol. The average molecular weight is 372 g/mol. The molecule has 1 aliphatic carbocycles. The molecule has 1 saturated heterocycles. The Morgan fingerprint density at radius 2 is 2.12 bits per heavy atom. The van der Waals surface area contributed by atoms with Gasteiger partial charge in [0.05, 0.1) is 10.7 Å². The number of hydrogen-bond donors (Lipinski definition) is 2. The van der Waals surface area contributed by atoms with Gasteiger partial charge in [0.1, 0.15) is 5.84 Å². The number of likely N-dealkylation sites (tertiary alicyclic amines) is 1. The van der Waals surface area contributed by atoms with E-state index in [9.17, 15) is 0 Å². The van der Waals surface area contributed by atoms with Gasteiger partial charge in [-0.05, 0) is 43.0 Å². The third-order valence-corrected chi connectivity index (χ3v) is 5.25. The van der Waals surface area contributed by atoms with Crippen molar-refractivity contribution in [1.82, 2.24) is 4.90 Å². The number of allylic oxidation sites excluding steroid dienone is 5. The zero-order valence-electron chi connectivity index (χ0n) is 15.2. The Kier molecular flexibility index (Phi) is 6.89. The molecular weight excluding hydrogens is 346 g/mol. The molecule has 1 aliphatic heterocycles. The molecule has 5 nitrogen and oxygen atoms in total. The van der Waals surface area contributed by atoms with E-state index in [1.807, 2.05) is 6.08 Å². The normalized spacial score (nSPS) is 21.3. The minimum atomic E-state index is 0.213. The summed E-state index contributed by atoms with van der Waals surface area (Å²) in [7, 11) is 0. The van der Waals surface area contributed by atoms with Gasteiger partial charge in [0.2, 0.25) is 0 Å². The first kappa shape index (κ1) is 20.1. The fourth-order valence-electron chi connectivity index (χ4n) is 2.78. The topological polar surface area (TPSA) is 77.8 Å². The second-order valence-corrected chi connectivity index (χ2v) is 7.14. The Bertz CT molecular complexity index is 731. The van der Waals surface area contributed by atoms with Crippen LogP contribution in [0.2, 0.25) is 0 Å². The lowest BCUT2D eigenvalue weighted by Gasteiger charge is -2.39. The number of piperidine rings is 1. The molecule has 26 heavy (non-hydrogen) atoms. The molecule has 2 rings (SSSR count). The van der Waals surface area contributed by atoms with Gasteiger partial charge in [0, 0.05) is 42.9 Å². The minimum absolute atomic E-state index is 0.213. The molecule has 0 bridgehead atoms. The van der Waals surface area contributed by atoms with Crippen LogP contribution < -0.4 is 5.73 Å². The Labute approximate surface area is 160 Å². The number of rotatable bonds is 5. The maximum atomic E-state index is 7.68. The zero-order chi connectivity index (χ0) is 19.2. The van der Waals surface area contributed by atoms with Crippen molar-refractivity contribution in [3.8, 4) is 0 Å². The van der Waals surface area contributed by atoms with Crippen molar-refractivity contribution in [1.29, 1.82) is 5.41 Å². The number of amidine groups is 1. The van der Waals surface area contributed by atoms with E-state index in [1.54, 1.807) is 30.8 Å². The highest BCUT2D eigenvalue weighted by atomic mass is 35.5. The summed E-state index contributed by atoms with van der Waals surface area (Å²) < 4.78 is 0. The summed E-state index contributed by atoms with van der Waals surface area (Å²) >= 11 is 6.20. The van der Waals surface area contributed by atoms with Crippen LogP contribution >= 0.6 is 11.6 Å². The molecule has 0 aromatic rings. The van der Waals surface area contributed by atoms with Gasteiger partial charge in [-0.25, -0.2) is 4.99 Å². The molecule has 0 atom stereocenters. The minimum Gasteiger partial charge on any atom is -0.357 e. The van der Waals surface area contributed by atoms with Crippen LogP contribution in [0.5, 0.6) is 0 Å².